The van der Waals surface area contributed by atoms with Crippen LogP contribution in [0.4, 0.5) is 10.1 Å². The molecule has 0 radical (unpaired) electrons. The van der Waals surface area contributed by atoms with Crippen LogP contribution in [0.25, 0.3) is 0 Å². The number of esters is 1. The van der Waals surface area contributed by atoms with Gasteiger partial charge in [-0.15, -0.1) is 0 Å². The third kappa shape index (κ3) is 5.12. The van der Waals surface area contributed by atoms with E-state index < -0.39 is 34.1 Å². The Morgan fingerprint density at radius 3 is 2.32 bits per heavy atom. The highest BCUT2D eigenvalue weighted by molar-refractivity contribution is 7.90. The van der Waals surface area contributed by atoms with Crippen LogP contribution in [0.15, 0.2) is 47.4 Å². The molecule has 0 aromatic heterocycles. The van der Waals surface area contributed by atoms with Crippen molar-refractivity contribution in [1.29, 1.82) is 0 Å². The molecule has 0 heterocycles. The molecule has 1 N–H and O–H groups in total. The quantitative estimate of drug-likeness (QED) is 0.822. The Hall–Kier alpha value is -2.74. The molecule has 0 aliphatic carbocycles. The highest BCUT2D eigenvalue weighted by Crippen LogP contribution is 2.14. The maximum Gasteiger partial charge on any atom is 0.338 e. The van der Waals surface area contributed by atoms with Crippen molar-refractivity contribution in [2.45, 2.75) is 11.8 Å². The fourth-order valence-electron chi connectivity index (χ4n) is 1.92. The fraction of sp³-hybridized carbons (Fsp3) is 0.176. The van der Waals surface area contributed by atoms with Gasteiger partial charge >= 0.3 is 5.97 Å². The van der Waals surface area contributed by atoms with Crippen LogP contribution in [0.1, 0.15) is 15.9 Å². The fourth-order valence-corrected chi connectivity index (χ4v) is 2.55. The number of carbonyl (C=O) groups excluding carboxylic acids is 2. The molecule has 0 aliphatic heterocycles. The number of sulfone groups is 1. The second-order valence-corrected chi connectivity index (χ2v) is 7.40. The lowest BCUT2D eigenvalue weighted by molar-refractivity contribution is -0.119. The van der Waals surface area contributed by atoms with E-state index in [1.807, 2.05) is 0 Å². The summed E-state index contributed by atoms with van der Waals surface area (Å²) in [5.41, 5.74) is 0.810. The molecule has 132 valence electrons. The van der Waals surface area contributed by atoms with Crippen molar-refractivity contribution < 1.29 is 27.1 Å². The largest absolute Gasteiger partial charge is 0.452 e. The molecule has 25 heavy (non-hydrogen) atoms. The smallest absolute Gasteiger partial charge is 0.338 e. The minimum atomic E-state index is -3.36. The van der Waals surface area contributed by atoms with Gasteiger partial charge in [-0.25, -0.2) is 17.6 Å². The molecule has 0 saturated heterocycles. The normalized spacial score (nSPS) is 11.0. The Bertz CT molecular complexity index is 907. The molecule has 0 aliphatic rings. The van der Waals surface area contributed by atoms with Crippen molar-refractivity contribution in [2.75, 3.05) is 18.2 Å². The molecule has 0 bridgehead atoms. The average Bonchev–Trinajstić information content (AvgIpc) is 2.55. The van der Waals surface area contributed by atoms with Crippen molar-refractivity contribution in [3.05, 3.63) is 59.4 Å². The standard InChI is InChI=1S/C17H16FNO5S/c1-11-3-6-13(9-15(11)18)19-16(20)10-24-17(21)12-4-7-14(8-5-12)25(2,22)23/h3-9H,10H2,1-2H3,(H,19,20). The van der Waals surface area contributed by atoms with Crippen LogP contribution in [0.2, 0.25) is 0 Å². The van der Waals surface area contributed by atoms with Crippen LogP contribution in [-0.4, -0.2) is 33.2 Å². The summed E-state index contributed by atoms with van der Waals surface area (Å²) >= 11 is 0. The highest BCUT2D eigenvalue weighted by atomic mass is 32.2. The first-order valence-electron chi connectivity index (χ1n) is 7.20. The zero-order valence-corrected chi connectivity index (χ0v) is 14.4. The van der Waals surface area contributed by atoms with Gasteiger partial charge in [0, 0.05) is 11.9 Å². The van der Waals surface area contributed by atoms with Gasteiger partial charge in [0.15, 0.2) is 16.4 Å². The maximum absolute atomic E-state index is 13.4. The molecule has 6 nitrogen and oxygen atoms in total. The third-order valence-corrected chi connectivity index (χ3v) is 4.44. The zero-order chi connectivity index (χ0) is 18.6. The number of carbonyl (C=O) groups is 2. The van der Waals surface area contributed by atoms with Gasteiger partial charge in [-0.2, -0.15) is 0 Å². The molecule has 2 rings (SSSR count). The van der Waals surface area contributed by atoms with E-state index in [-0.39, 0.29) is 16.1 Å². The predicted molar refractivity (Wildman–Crippen MR) is 89.6 cm³/mol. The number of anilines is 1. The molecule has 8 heteroatoms. The Morgan fingerprint density at radius 2 is 1.76 bits per heavy atom. The van der Waals surface area contributed by atoms with Crippen LogP contribution < -0.4 is 5.32 Å². The number of aryl methyl sites for hydroxylation is 1. The van der Waals surface area contributed by atoms with Crippen molar-refractivity contribution >= 4 is 27.4 Å². The molecule has 0 unspecified atom stereocenters. The van der Waals surface area contributed by atoms with E-state index in [1.165, 1.54) is 42.5 Å². The Morgan fingerprint density at radius 1 is 1.12 bits per heavy atom. The number of nitrogens with one attached hydrogen (secondary N) is 1. The lowest BCUT2D eigenvalue weighted by Crippen LogP contribution is -2.21. The summed E-state index contributed by atoms with van der Waals surface area (Å²) in [5.74, 6) is -1.85. The first-order chi connectivity index (χ1) is 11.7. The third-order valence-electron chi connectivity index (χ3n) is 3.31. The van der Waals surface area contributed by atoms with E-state index >= 15 is 0 Å². The second kappa shape index (κ2) is 7.43. The van der Waals surface area contributed by atoms with E-state index in [2.05, 4.69) is 5.32 Å². The minimum absolute atomic E-state index is 0.0724. The Balaban J connectivity index is 1.92. The van der Waals surface area contributed by atoms with Crippen molar-refractivity contribution in [3.8, 4) is 0 Å². The van der Waals surface area contributed by atoms with Crippen LogP contribution in [-0.2, 0) is 19.4 Å². The summed E-state index contributed by atoms with van der Waals surface area (Å²) in [4.78, 5) is 23.7. The zero-order valence-electron chi connectivity index (χ0n) is 13.6. The van der Waals surface area contributed by atoms with Crippen molar-refractivity contribution in [3.63, 3.8) is 0 Å². The van der Waals surface area contributed by atoms with E-state index in [0.29, 0.717) is 5.56 Å². The van der Waals surface area contributed by atoms with Crippen molar-refractivity contribution in [1.82, 2.24) is 0 Å². The van der Waals surface area contributed by atoms with Gasteiger partial charge in [0.25, 0.3) is 5.91 Å². The van der Waals surface area contributed by atoms with E-state index in [1.54, 1.807) is 6.92 Å². The number of amides is 1. The van der Waals surface area contributed by atoms with Crippen LogP contribution in [0.3, 0.4) is 0 Å². The minimum Gasteiger partial charge on any atom is -0.452 e. The summed E-state index contributed by atoms with van der Waals surface area (Å²) < 4.78 is 41.0. The Labute approximate surface area is 144 Å². The van der Waals surface area contributed by atoms with Crippen LogP contribution in [0.5, 0.6) is 0 Å². The van der Waals surface area contributed by atoms with Gasteiger partial charge in [0.05, 0.1) is 10.5 Å². The summed E-state index contributed by atoms with van der Waals surface area (Å²) in [6.45, 7) is 1.04. The van der Waals surface area contributed by atoms with Crippen LogP contribution >= 0.6 is 0 Å². The van der Waals surface area contributed by atoms with E-state index in [4.69, 9.17) is 4.74 Å². The predicted octanol–water partition coefficient (Wildman–Crippen LogP) is 2.33. The van der Waals surface area contributed by atoms with Gasteiger partial charge < -0.3 is 10.1 Å². The SMILES string of the molecule is Cc1ccc(NC(=O)COC(=O)c2ccc(S(C)(=O)=O)cc2)cc1F. The van der Waals surface area contributed by atoms with E-state index in [0.717, 1.165) is 6.26 Å². The first kappa shape index (κ1) is 18.6. The highest BCUT2D eigenvalue weighted by Gasteiger charge is 2.13. The lowest BCUT2D eigenvalue weighted by Gasteiger charge is -2.08. The number of hydrogen-bond donors (Lipinski definition) is 1. The molecule has 2 aromatic rings. The average molecular weight is 365 g/mol. The second-order valence-electron chi connectivity index (χ2n) is 5.38. The van der Waals surface area contributed by atoms with Crippen molar-refractivity contribution in [2.24, 2.45) is 0 Å². The topological polar surface area (TPSA) is 89.5 Å². The molecule has 0 fully saturated rings. The first-order valence-corrected chi connectivity index (χ1v) is 9.09. The summed E-state index contributed by atoms with van der Waals surface area (Å²) in [7, 11) is -3.36. The maximum atomic E-state index is 13.4. The van der Waals surface area contributed by atoms with E-state index in [9.17, 15) is 22.4 Å². The van der Waals surface area contributed by atoms with Gasteiger partial charge in [-0.3, -0.25) is 4.79 Å². The summed E-state index contributed by atoms with van der Waals surface area (Å²) in [6, 6.07) is 9.36. The molecule has 0 atom stereocenters. The number of rotatable bonds is 5. The molecule has 0 saturated carbocycles. The molecule has 0 spiro atoms. The van der Waals surface area contributed by atoms with Gasteiger partial charge in [0.2, 0.25) is 0 Å². The number of halogens is 1. The number of ether oxygens (including phenoxy) is 1. The number of hydrogen-bond acceptors (Lipinski definition) is 5. The molecular formula is C17H16FNO5S. The number of benzene rings is 2. The lowest BCUT2D eigenvalue weighted by atomic mass is 10.2. The summed E-state index contributed by atoms with van der Waals surface area (Å²) in [5, 5.41) is 2.41. The molecule has 1 amide bonds. The molecular weight excluding hydrogens is 349 g/mol. The van der Waals surface area contributed by atoms with Crippen LogP contribution in [0, 0.1) is 12.7 Å². The Kier molecular flexibility index (Phi) is 5.53. The molecule has 2 aromatic carbocycles. The monoisotopic (exact) mass is 365 g/mol. The van der Waals surface area contributed by atoms with Gasteiger partial charge in [0.1, 0.15) is 5.82 Å². The van der Waals surface area contributed by atoms with Gasteiger partial charge in [-0.1, -0.05) is 6.07 Å². The van der Waals surface area contributed by atoms with Gasteiger partial charge in [-0.05, 0) is 48.9 Å². The summed E-state index contributed by atoms with van der Waals surface area (Å²) in [6.07, 6.45) is 1.05.